The number of hydrogen-bond acceptors (Lipinski definition) is 8. The topological polar surface area (TPSA) is 102 Å². The monoisotopic (exact) mass is 643 g/mol. The zero-order valence-electron chi connectivity index (χ0n) is 21.5. The van der Waals surface area contributed by atoms with Crippen LogP contribution in [0.4, 0.5) is 0 Å². The minimum atomic E-state index is -0.569. The van der Waals surface area contributed by atoms with Crippen molar-refractivity contribution in [3.05, 3.63) is 74.4 Å². The van der Waals surface area contributed by atoms with E-state index in [1.165, 1.54) is 0 Å². The van der Waals surface area contributed by atoms with Crippen LogP contribution in [0.1, 0.15) is 39.0 Å². The Labute approximate surface area is 238 Å². The fourth-order valence-electron chi connectivity index (χ4n) is 5.89. The maximum atomic E-state index is 13.5. The molecule has 0 spiro atoms. The van der Waals surface area contributed by atoms with Gasteiger partial charge in [-0.15, -0.1) is 0 Å². The lowest BCUT2D eigenvalue weighted by Crippen LogP contribution is -2.43. The number of halogens is 1. The number of methoxy groups -OCH3 is 3. The zero-order chi connectivity index (χ0) is 27.3. The van der Waals surface area contributed by atoms with Crippen LogP contribution in [0.25, 0.3) is 0 Å². The molecule has 4 atom stereocenters. The molecule has 1 aliphatic carbocycles. The number of amides is 1. The highest BCUT2D eigenvalue weighted by Gasteiger charge is 2.53. The van der Waals surface area contributed by atoms with Crippen molar-refractivity contribution in [3.63, 3.8) is 0 Å². The fourth-order valence-corrected chi connectivity index (χ4v) is 6.53. The van der Waals surface area contributed by atoms with Gasteiger partial charge >= 0.3 is 5.97 Å². The van der Waals surface area contributed by atoms with Crippen molar-refractivity contribution in [3.8, 4) is 28.7 Å². The summed E-state index contributed by atoms with van der Waals surface area (Å²) in [5.74, 6) is 0.728. The summed E-state index contributed by atoms with van der Waals surface area (Å²) in [6.45, 7) is 0.274. The second-order valence-electron chi connectivity index (χ2n) is 9.52. The number of benzene rings is 3. The normalized spacial score (nSPS) is 22.4. The summed E-state index contributed by atoms with van der Waals surface area (Å²) in [5, 5.41) is 3.21. The standard InChI is InChI=1S/C29H26INO8/c1-34-22-8-14(9-23(35-2)27(22)36-3)24-16-10-20-21(39-13-38-20)11-17(16)26(18-12-37-29(33)25(18)24)31-28(32)15-6-4-5-7-19(15)30/h4-11,18,24-26H,12-13H2,1-3H3,(H,31,32). The second kappa shape index (κ2) is 10.1. The van der Waals surface area contributed by atoms with Gasteiger partial charge in [0.15, 0.2) is 23.0 Å². The Hall–Kier alpha value is -3.67. The molecule has 0 saturated carbocycles. The van der Waals surface area contributed by atoms with Gasteiger partial charge in [0.1, 0.15) is 0 Å². The average molecular weight is 643 g/mol. The van der Waals surface area contributed by atoms with E-state index in [0.717, 1.165) is 20.3 Å². The maximum Gasteiger partial charge on any atom is 0.310 e. The predicted molar refractivity (Wildman–Crippen MR) is 148 cm³/mol. The number of esters is 1. The molecule has 1 N–H and O–H groups in total. The summed E-state index contributed by atoms with van der Waals surface area (Å²) in [4.78, 5) is 26.8. The van der Waals surface area contributed by atoms with Crippen molar-refractivity contribution in [2.75, 3.05) is 34.7 Å². The van der Waals surface area contributed by atoms with Crippen LogP contribution in [0.5, 0.6) is 28.7 Å². The Kier molecular flexibility index (Phi) is 6.66. The Balaban J connectivity index is 1.53. The van der Waals surface area contributed by atoms with Gasteiger partial charge in [-0.05, 0) is 75.7 Å². The summed E-state index contributed by atoms with van der Waals surface area (Å²) >= 11 is 2.15. The molecule has 4 unspecified atom stereocenters. The van der Waals surface area contributed by atoms with Crippen LogP contribution in [0, 0.1) is 15.4 Å². The largest absolute Gasteiger partial charge is 0.493 e. The van der Waals surface area contributed by atoms with Gasteiger partial charge in [0.25, 0.3) is 5.91 Å². The molecule has 202 valence electrons. The molecule has 0 radical (unpaired) electrons. The molecule has 3 aromatic rings. The fraction of sp³-hybridized carbons (Fsp3) is 0.310. The highest BCUT2D eigenvalue weighted by atomic mass is 127. The summed E-state index contributed by atoms with van der Waals surface area (Å²) < 4.78 is 34.7. The van der Waals surface area contributed by atoms with Crippen LogP contribution in [-0.2, 0) is 9.53 Å². The van der Waals surface area contributed by atoms with Crippen molar-refractivity contribution in [2.24, 2.45) is 11.8 Å². The number of ether oxygens (including phenoxy) is 6. The van der Waals surface area contributed by atoms with Crippen LogP contribution in [0.15, 0.2) is 48.5 Å². The molecule has 9 nitrogen and oxygen atoms in total. The first-order valence-electron chi connectivity index (χ1n) is 12.4. The van der Waals surface area contributed by atoms with Gasteiger partial charge in [0.05, 0.1) is 45.5 Å². The summed E-state index contributed by atoms with van der Waals surface area (Å²) in [6.07, 6.45) is 0. The smallest absolute Gasteiger partial charge is 0.310 e. The van der Waals surface area contributed by atoms with E-state index in [1.807, 2.05) is 42.5 Å². The van der Waals surface area contributed by atoms with Gasteiger partial charge in [-0.2, -0.15) is 0 Å². The minimum absolute atomic E-state index is 0.0984. The molecule has 2 aliphatic heterocycles. The average Bonchev–Trinajstić information content (AvgIpc) is 3.57. The molecule has 3 aromatic carbocycles. The molecule has 1 fully saturated rings. The molecule has 39 heavy (non-hydrogen) atoms. The van der Waals surface area contributed by atoms with E-state index in [2.05, 4.69) is 27.9 Å². The molecule has 0 bridgehead atoms. The van der Waals surface area contributed by atoms with E-state index >= 15 is 0 Å². The first-order valence-corrected chi connectivity index (χ1v) is 13.5. The number of carbonyl (C=O) groups is 2. The van der Waals surface area contributed by atoms with Crippen LogP contribution >= 0.6 is 22.6 Å². The Morgan fingerprint density at radius 2 is 1.59 bits per heavy atom. The molecule has 6 rings (SSSR count). The minimum Gasteiger partial charge on any atom is -0.493 e. The molecular formula is C29H26INO8. The molecule has 1 saturated heterocycles. The van der Waals surface area contributed by atoms with Gasteiger partial charge in [-0.3, -0.25) is 9.59 Å². The summed E-state index contributed by atoms with van der Waals surface area (Å²) in [6, 6.07) is 14.4. The quantitative estimate of drug-likeness (QED) is 0.311. The van der Waals surface area contributed by atoms with E-state index < -0.39 is 17.9 Å². The third-order valence-corrected chi connectivity index (χ3v) is 8.58. The van der Waals surface area contributed by atoms with Gasteiger partial charge < -0.3 is 33.7 Å². The van der Waals surface area contributed by atoms with E-state index in [9.17, 15) is 9.59 Å². The Morgan fingerprint density at radius 3 is 2.23 bits per heavy atom. The lowest BCUT2D eigenvalue weighted by atomic mass is 9.65. The highest BCUT2D eigenvalue weighted by molar-refractivity contribution is 14.1. The number of hydrogen-bond donors (Lipinski definition) is 1. The van der Waals surface area contributed by atoms with Gasteiger partial charge in [-0.25, -0.2) is 0 Å². The lowest BCUT2D eigenvalue weighted by Gasteiger charge is -2.39. The van der Waals surface area contributed by atoms with Crippen LogP contribution in [0.2, 0.25) is 0 Å². The van der Waals surface area contributed by atoms with E-state index in [-0.39, 0.29) is 31.2 Å². The highest BCUT2D eigenvalue weighted by Crippen LogP contribution is 2.55. The third kappa shape index (κ3) is 4.21. The van der Waals surface area contributed by atoms with Crippen molar-refractivity contribution < 1.29 is 38.0 Å². The molecular weight excluding hydrogens is 617 g/mol. The zero-order valence-corrected chi connectivity index (χ0v) is 23.6. The first kappa shape index (κ1) is 25.6. The van der Waals surface area contributed by atoms with E-state index in [1.54, 1.807) is 27.4 Å². The van der Waals surface area contributed by atoms with E-state index in [0.29, 0.717) is 34.3 Å². The number of rotatable bonds is 6. The second-order valence-corrected chi connectivity index (χ2v) is 10.7. The van der Waals surface area contributed by atoms with Gasteiger partial charge in [0.2, 0.25) is 12.5 Å². The first-order chi connectivity index (χ1) is 18.9. The summed E-state index contributed by atoms with van der Waals surface area (Å²) in [7, 11) is 4.65. The SMILES string of the molecule is COc1cc(C2c3cc4c(cc3C(NC(=O)c3ccccc3I)C3COC(=O)C23)OCO4)cc(OC)c1OC. The van der Waals surface area contributed by atoms with Crippen LogP contribution < -0.4 is 29.0 Å². The van der Waals surface area contributed by atoms with Gasteiger partial charge in [0, 0.05) is 15.4 Å². The molecule has 10 heteroatoms. The summed E-state index contributed by atoms with van der Waals surface area (Å²) in [5.41, 5.74) is 3.04. The molecule has 3 aliphatic rings. The maximum absolute atomic E-state index is 13.5. The molecule has 1 amide bonds. The third-order valence-electron chi connectivity index (χ3n) is 7.64. The number of nitrogens with one attached hydrogen (secondary N) is 1. The Bertz CT molecular complexity index is 1450. The van der Waals surface area contributed by atoms with Gasteiger partial charge in [-0.1, -0.05) is 12.1 Å². The van der Waals surface area contributed by atoms with Crippen molar-refractivity contribution in [1.82, 2.24) is 5.32 Å². The number of carbonyl (C=O) groups excluding carboxylic acids is 2. The van der Waals surface area contributed by atoms with Crippen molar-refractivity contribution in [2.45, 2.75) is 12.0 Å². The van der Waals surface area contributed by atoms with Crippen LogP contribution in [0.3, 0.4) is 0 Å². The van der Waals surface area contributed by atoms with Crippen LogP contribution in [-0.4, -0.2) is 46.6 Å². The number of cyclic esters (lactones) is 1. The van der Waals surface area contributed by atoms with E-state index in [4.69, 9.17) is 28.4 Å². The van der Waals surface area contributed by atoms with Crippen molar-refractivity contribution >= 4 is 34.5 Å². The van der Waals surface area contributed by atoms with Crippen molar-refractivity contribution in [1.29, 1.82) is 0 Å². The predicted octanol–water partition coefficient (Wildman–Crippen LogP) is 4.45. The Morgan fingerprint density at radius 1 is 0.923 bits per heavy atom. The lowest BCUT2D eigenvalue weighted by molar-refractivity contribution is -0.141. The molecule has 0 aromatic heterocycles. The number of fused-ring (bicyclic) bond motifs is 3. The molecule has 2 heterocycles.